The molecule has 28 heavy (non-hydrogen) atoms. The fourth-order valence-electron chi connectivity index (χ4n) is 3.26. The summed E-state index contributed by atoms with van der Waals surface area (Å²) in [5, 5.41) is 6.14. The highest BCUT2D eigenvalue weighted by Crippen LogP contribution is 2.28. The molecule has 0 N–H and O–H groups in total. The van der Waals surface area contributed by atoms with E-state index in [9.17, 15) is 4.79 Å². The van der Waals surface area contributed by atoms with Gasteiger partial charge in [0.15, 0.2) is 11.5 Å². The van der Waals surface area contributed by atoms with E-state index in [1.165, 1.54) is 0 Å². The van der Waals surface area contributed by atoms with E-state index in [0.29, 0.717) is 31.1 Å². The lowest BCUT2D eigenvalue weighted by atomic mass is 10.1. The lowest BCUT2D eigenvalue weighted by Gasteiger charge is -2.22. The van der Waals surface area contributed by atoms with Crippen molar-refractivity contribution >= 4 is 11.6 Å². The summed E-state index contributed by atoms with van der Waals surface area (Å²) in [5.74, 6) is 1.41. The fourth-order valence-corrected chi connectivity index (χ4v) is 3.26. The van der Waals surface area contributed by atoms with Gasteiger partial charge in [0.25, 0.3) is 5.91 Å². The number of amides is 1. The molecule has 0 atom stereocenters. The molecular weight excluding hydrogens is 354 g/mol. The summed E-state index contributed by atoms with van der Waals surface area (Å²) in [7, 11) is 3.24. The highest BCUT2D eigenvalue weighted by molar-refractivity contribution is 6.02. The van der Waals surface area contributed by atoms with Crippen LogP contribution in [0.25, 0.3) is 0 Å². The Labute approximate surface area is 166 Å². The van der Waals surface area contributed by atoms with Crippen LogP contribution in [0.1, 0.15) is 24.5 Å². The molecule has 2 aromatic carbocycles. The lowest BCUT2D eigenvalue weighted by molar-refractivity contribution is -0.132. The number of carbonyl (C=O) groups excluding carboxylic acids is 1. The van der Waals surface area contributed by atoms with Crippen molar-refractivity contribution in [3.63, 3.8) is 0 Å². The maximum Gasteiger partial charge on any atom is 0.256 e. The molecule has 0 bridgehead atoms. The van der Waals surface area contributed by atoms with Crippen LogP contribution in [0.4, 0.5) is 0 Å². The molecule has 2 aromatic rings. The van der Waals surface area contributed by atoms with Gasteiger partial charge in [-0.2, -0.15) is 5.10 Å². The molecular formula is C22H27N3O3. The van der Waals surface area contributed by atoms with E-state index in [1.807, 2.05) is 48.5 Å². The van der Waals surface area contributed by atoms with Crippen molar-refractivity contribution in [3.8, 4) is 11.5 Å². The van der Waals surface area contributed by atoms with Crippen molar-refractivity contribution in [2.24, 2.45) is 5.10 Å². The topological polar surface area (TPSA) is 54.4 Å². The Morgan fingerprint density at radius 3 is 2.54 bits per heavy atom. The molecule has 6 heteroatoms. The van der Waals surface area contributed by atoms with Gasteiger partial charge in [-0.3, -0.25) is 9.69 Å². The Kier molecular flexibility index (Phi) is 6.66. The van der Waals surface area contributed by atoms with Gasteiger partial charge in [0.05, 0.1) is 33.0 Å². The Balaban J connectivity index is 1.63. The van der Waals surface area contributed by atoms with Crippen LogP contribution < -0.4 is 9.47 Å². The predicted molar refractivity (Wildman–Crippen MR) is 110 cm³/mol. The van der Waals surface area contributed by atoms with Gasteiger partial charge in [-0.1, -0.05) is 43.3 Å². The molecule has 0 aromatic heterocycles. The molecule has 0 aliphatic carbocycles. The number of hydrogen-bond donors (Lipinski definition) is 0. The number of carbonyl (C=O) groups is 1. The summed E-state index contributed by atoms with van der Waals surface area (Å²) in [6.07, 6.45) is 0.789. The van der Waals surface area contributed by atoms with Crippen molar-refractivity contribution in [2.75, 3.05) is 33.9 Å². The standard InChI is InChI=1S/C22H27N3O3/c1-4-24(15-17-10-11-20(27-2)21(14-17)28-3)16-22(26)25-13-12-19(23-25)18-8-6-5-7-9-18/h5-11,14H,4,12-13,15-16H2,1-3H3. The summed E-state index contributed by atoms with van der Waals surface area (Å²) in [5.41, 5.74) is 3.12. The van der Waals surface area contributed by atoms with Gasteiger partial charge in [-0.05, 0) is 29.8 Å². The van der Waals surface area contributed by atoms with Crippen molar-refractivity contribution in [1.29, 1.82) is 0 Å². The van der Waals surface area contributed by atoms with Crippen LogP contribution in [0.3, 0.4) is 0 Å². The molecule has 1 aliphatic rings. The van der Waals surface area contributed by atoms with E-state index in [4.69, 9.17) is 9.47 Å². The SMILES string of the molecule is CCN(CC(=O)N1CCC(c2ccccc2)=N1)Cc1ccc(OC)c(OC)c1. The predicted octanol–water partition coefficient (Wildman–Crippen LogP) is 3.16. The van der Waals surface area contributed by atoms with E-state index in [2.05, 4.69) is 16.9 Å². The van der Waals surface area contributed by atoms with Gasteiger partial charge in [-0.15, -0.1) is 0 Å². The van der Waals surface area contributed by atoms with Gasteiger partial charge in [-0.25, -0.2) is 5.01 Å². The third-order valence-corrected chi connectivity index (χ3v) is 4.86. The molecule has 0 fully saturated rings. The van der Waals surface area contributed by atoms with E-state index >= 15 is 0 Å². The van der Waals surface area contributed by atoms with E-state index < -0.39 is 0 Å². The molecule has 148 valence electrons. The first kappa shape index (κ1) is 19.9. The summed E-state index contributed by atoms with van der Waals surface area (Å²) >= 11 is 0. The number of nitrogens with zero attached hydrogens (tertiary/aromatic N) is 3. The first-order chi connectivity index (χ1) is 13.6. The number of hydrogen-bond acceptors (Lipinski definition) is 5. The molecule has 6 nitrogen and oxygen atoms in total. The third-order valence-electron chi connectivity index (χ3n) is 4.86. The van der Waals surface area contributed by atoms with Crippen molar-refractivity contribution in [1.82, 2.24) is 9.91 Å². The second kappa shape index (κ2) is 9.37. The highest BCUT2D eigenvalue weighted by Gasteiger charge is 2.23. The van der Waals surface area contributed by atoms with Gasteiger partial charge in [0.1, 0.15) is 0 Å². The zero-order chi connectivity index (χ0) is 19.9. The molecule has 0 radical (unpaired) electrons. The normalized spacial score (nSPS) is 13.6. The molecule has 1 heterocycles. The van der Waals surface area contributed by atoms with Gasteiger partial charge in [0, 0.05) is 13.0 Å². The first-order valence-electron chi connectivity index (χ1n) is 9.51. The Morgan fingerprint density at radius 2 is 1.86 bits per heavy atom. The Hall–Kier alpha value is -2.86. The molecule has 0 spiro atoms. The zero-order valence-electron chi connectivity index (χ0n) is 16.7. The zero-order valence-corrected chi connectivity index (χ0v) is 16.7. The van der Waals surface area contributed by atoms with Crippen LogP contribution in [0.15, 0.2) is 53.6 Å². The highest BCUT2D eigenvalue weighted by atomic mass is 16.5. The number of rotatable bonds is 8. The Bertz CT molecular complexity index is 836. The maximum absolute atomic E-state index is 12.7. The molecule has 0 saturated carbocycles. The van der Waals surface area contributed by atoms with E-state index in [1.54, 1.807) is 19.2 Å². The van der Waals surface area contributed by atoms with Gasteiger partial charge >= 0.3 is 0 Å². The number of benzene rings is 2. The largest absolute Gasteiger partial charge is 0.493 e. The minimum atomic E-state index is 0.0215. The summed E-state index contributed by atoms with van der Waals surface area (Å²) in [4.78, 5) is 14.8. The quantitative estimate of drug-likeness (QED) is 0.705. The number of hydrazone groups is 1. The number of methoxy groups -OCH3 is 2. The number of likely N-dealkylation sites (N-methyl/N-ethyl adjacent to an activating group) is 1. The average Bonchev–Trinajstić information content (AvgIpc) is 3.24. The number of ether oxygens (including phenoxy) is 2. The smallest absolute Gasteiger partial charge is 0.256 e. The van der Waals surface area contributed by atoms with Crippen molar-refractivity contribution < 1.29 is 14.3 Å². The maximum atomic E-state index is 12.7. The minimum Gasteiger partial charge on any atom is -0.493 e. The fraction of sp³-hybridized carbons (Fsp3) is 0.364. The van der Waals surface area contributed by atoms with Crippen LogP contribution in [-0.4, -0.2) is 55.4 Å². The molecule has 1 aliphatic heterocycles. The van der Waals surface area contributed by atoms with Crippen LogP contribution in [-0.2, 0) is 11.3 Å². The Morgan fingerprint density at radius 1 is 1.11 bits per heavy atom. The van der Waals surface area contributed by atoms with E-state index in [-0.39, 0.29) is 5.91 Å². The van der Waals surface area contributed by atoms with Crippen LogP contribution in [0.5, 0.6) is 11.5 Å². The lowest BCUT2D eigenvalue weighted by Crippen LogP contribution is -2.36. The summed E-state index contributed by atoms with van der Waals surface area (Å²) in [6.45, 7) is 4.44. The van der Waals surface area contributed by atoms with Crippen LogP contribution in [0.2, 0.25) is 0 Å². The molecule has 3 rings (SSSR count). The second-order valence-corrected chi connectivity index (χ2v) is 6.67. The molecule has 1 amide bonds. The first-order valence-corrected chi connectivity index (χ1v) is 9.51. The van der Waals surface area contributed by atoms with Crippen molar-refractivity contribution in [3.05, 3.63) is 59.7 Å². The molecule has 0 saturated heterocycles. The van der Waals surface area contributed by atoms with Crippen molar-refractivity contribution in [2.45, 2.75) is 19.9 Å². The van der Waals surface area contributed by atoms with Crippen LogP contribution >= 0.6 is 0 Å². The minimum absolute atomic E-state index is 0.0215. The summed E-state index contributed by atoms with van der Waals surface area (Å²) < 4.78 is 10.7. The van der Waals surface area contributed by atoms with Gasteiger partial charge < -0.3 is 9.47 Å². The monoisotopic (exact) mass is 381 g/mol. The van der Waals surface area contributed by atoms with Crippen LogP contribution in [0, 0.1) is 0 Å². The van der Waals surface area contributed by atoms with E-state index in [0.717, 1.165) is 29.8 Å². The summed E-state index contributed by atoms with van der Waals surface area (Å²) in [6, 6.07) is 15.9. The second-order valence-electron chi connectivity index (χ2n) is 6.67. The molecule has 0 unspecified atom stereocenters. The average molecular weight is 381 g/mol. The third kappa shape index (κ3) is 4.70. The van der Waals surface area contributed by atoms with Gasteiger partial charge in [0.2, 0.25) is 0 Å².